The fourth-order valence-corrected chi connectivity index (χ4v) is 3.99. The van der Waals surface area contributed by atoms with Crippen LogP contribution in [0, 0.1) is 5.82 Å². The molecule has 0 fully saturated rings. The molecule has 0 aliphatic rings. The maximum atomic E-state index is 13.9. The zero-order valence-electron chi connectivity index (χ0n) is 16.9. The Bertz CT molecular complexity index is 1310. The van der Waals surface area contributed by atoms with Crippen molar-refractivity contribution in [3.05, 3.63) is 88.4 Å². The second kappa shape index (κ2) is 8.73. The lowest BCUT2D eigenvalue weighted by Crippen LogP contribution is -2.22. The summed E-state index contributed by atoms with van der Waals surface area (Å²) in [4.78, 5) is 34.5. The first-order chi connectivity index (χ1) is 14.9. The number of benzene rings is 2. The lowest BCUT2D eigenvalue weighted by molar-refractivity contribution is 0.102. The summed E-state index contributed by atoms with van der Waals surface area (Å²) in [5, 5.41) is 2.76. The topological polar surface area (TPSA) is 81.3 Å². The molecular formula is C22H20FN5O2S. The Labute approximate surface area is 181 Å². The highest BCUT2D eigenvalue weighted by molar-refractivity contribution is 7.98. The van der Waals surface area contributed by atoms with Crippen molar-refractivity contribution in [1.82, 2.24) is 19.2 Å². The number of aromatic nitrogens is 4. The van der Waals surface area contributed by atoms with E-state index in [0.717, 1.165) is 4.90 Å². The lowest BCUT2D eigenvalue weighted by Gasteiger charge is -2.11. The van der Waals surface area contributed by atoms with E-state index in [0.29, 0.717) is 22.9 Å². The number of rotatable bonds is 6. The summed E-state index contributed by atoms with van der Waals surface area (Å²) in [6.45, 7) is 3.92. The first kappa shape index (κ1) is 20.8. The van der Waals surface area contributed by atoms with Gasteiger partial charge in [0.1, 0.15) is 12.1 Å². The molecule has 0 bridgehead atoms. The van der Waals surface area contributed by atoms with Crippen molar-refractivity contribution < 1.29 is 9.18 Å². The average Bonchev–Trinajstić information content (AvgIpc) is 3.18. The van der Waals surface area contributed by atoms with E-state index in [1.807, 2.05) is 26.0 Å². The molecule has 2 aromatic heterocycles. The van der Waals surface area contributed by atoms with E-state index in [1.165, 1.54) is 40.5 Å². The Morgan fingerprint density at radius 2 is 1.90 bits per heavy atom. The van der Waals surface area contributed by atoms with Crippen molar-refractivity contribution in [2.45, 2.75) is 30.5 Å². The van der Waals surface area contributed by atoms with Crippen LogP contribution >= 0.6 is 11.8 Å². The molecule has 0 spiro atoms. The van der Waals surface area contributed by atoms with Crippen molar-refractivity contribution >= 4 is 29.1 Å². The minimum absolute atomic E-state index is 0.0248. The van der Waals surface area contributed by atoms with Gasteiger partial charge in [-0.2, -0.15) is 9.50 Å². The van der Waals surface area contributed by atoms with Crippen LogP contribution in [0.4, 0.5) is 10.1 Å². The highest BCUT2D eigenvalue weighted by Crippen LogP contribution is 2.29. The molecule has 0 unspecified atom stereocenters. The number of para-hydroxylation sites is 1. The summed E-state index contributed by atoms with van der Waals surface area (Å²) in [5.74, 6) is -0.350. The molecule has 1 amide bonds. The minimum atomic E-state index is -0.580. The van der Waals surface area contributed by atoms with Gasteiger partial charge in [-0.3, -0.25) is 14.3 Å². The van der Waals surface area contributed by atoms with Crippen LogP contribution in [-0.4, -0.2) is 25.1 Å². The predicted molar refractivity (Wildman–Crippen MR) is 118 cm³/mol. The smallest absolute Gasteiger partial charge is 0.274 e. The van der Waals surface area contributed by atoms with Gasteiger partial charge in [0.2, 0.25) is 0 Å². The molecule has 0 saturated carbocycles. The van der Waals surface area contributed by atoms with E-state index in [9.17, 15) is 14.0 Å². The fourth-order valence-electron chi connectivity index (χ4n) is 3.09. The predicted octanol–water partition coefficient (Wildman–Crippen LogP) is 4.16. The molecule has 1 N–H and O–H groups in total. The molecule has 0 atom stereocenters. The van der Waals surface area contributed by atoms with Crippen LogP contribution in [0.25, 0.3) is 5.78 Å². The van der Waals surface area contributed by atoms with Gasteiger partial charge in [0, 0.05) is 22.8 Å². The first-order valence-electron chi connectivity index (χ1n) is 9.67. The highest BCUT2D eigenvalue weighted by atomic mass is 32.2. The Balaban J connectivity index is 1.54. The number of carbonyl (C=O) groups is 1. The largest absolute Gasteiger partial charge is 0.321 e. The number of hydrogen-bond acceptors (Lipinski definition) is 5. The van der Waals surface area contributed by atoms with Crippen LogP contribution in [0.2, 0.25) is 0 Å². The Hall–Kier alpha value is -3.46. The van der Waals surface area contributed by atoms with Crippen molar-refractivity contribution in [2.24, 2.45) is 0 Å². The van der Waals surface area contributed by atoms with E-state index in [1.54, 1.807) is 29.2 Å². The second-order valence-electron chi connectivity index (χ2n) is 7.13. The van der Waals surface area contributed by atoms with Gasteiger partial charge in [0.05, 0.1) is 16.9 Å². The highest BCUT2D eigenvalue weighted by Gasteiger charge is 2.14. The summed E-state index contributed by atoms with van der Waals surface area (Å²) in [5.41, 5.74) is 0.915. The van der Waals surface area contributed by atoms with Gasteiger partial charge < -0.3 is 5.32 Å². The number of nitrogens with zero attached hydrogens (tertiary/aromatic N) is 4. The van der Waals surface area contributed by atoms with Crippen LogP contribution in [-0.2, 0) is 5.75 Å². The summed E-state index contributed by atoms with van der Waals surface area (Å²) in [6.07, 6.45) is 1.60. The van der Waals surface area contributed by atoms with Gasteiger partial charge in [0.15, 0.2) is 0 Å². The molecule has 0 radical (unpaired) electrons. The molecule has 0 aliphatic heterocycles. The second-order valence-corrected chi connectivity index (χ2v) is 8.15. The third-order valence-electron chi connectivity index (χ3n) is 4.61. The molecule has 2 aromatic carbocycles. The summed E-state index contributed by atoms with van der Waals surface area (Å²) < 4.78 is 17.1. The molecule has 0 saturated heterocycles. The molecule has 0 aliphatic carbocycles. The SMILES string of the molecule is CC(C)n1cnc2nc(CSc3ccccc3NC(=O)c3ccccc3F)cc(=O)n21. The number of halogens is 1. The number of carbonyl (C=O) groups excluding carboxylic acids is 1. The van der Waals surface area contributed by atoms with Crippen LogP contribution in [0.15, 0.2) is 70.6 Å². The van der Waals surface area contributed by atoms with Crippen LogP contribution in [0.5, 0.6) is 0 Å². The third-order valence-corrected chi connectivity index (χ3v) is 5.72. The average molecular weight is 438 g/mol. The van der Waals surface area contributed by atoms with Gasteiger partial charge in [-0.1, -0.05) is 24.3 Å². The Morgan fingerprint density at radius 3 is 2.68 bits per heavy atom. The van der Waals surface area contributed by atoms with Crippen molar-refractivity contribution in [3.63, 3.8) is 0 Å². The number of amides is 1. The number of nitrogens with one attached hydrogen (secondary N) is 1. The summed E-state index contributed by atoms with van der Waals surface area (Å²) in [7, 11) is 0. The quantitative estimate of drug-likeness (QED) is 0.458. The summed E-state index contributed by atoms with van der Waals surface area (Å²) in [6, 6.07) is 14.6. The molecule has 4 rings (SSSR count). The van der Waals surface area contributed by atoms with E-state index in [-0.39, 0.29) is 17.2 Å². The zero-order valence-corrected chi connectivity index (χ0v) is 17.8. The number of fused-ring (bicyclic) bond motifs is 1. The van der Waals surface area contributed by atoms with Crippen molar-refractivity contribution in [3.8, 4) is 0 Å². The Kier molecular flexibility index (Phi) is 5.85. The van der Waals surface area contributed by atoms with Crippen molar-refractivity contribution in [1.29, 1.82) is 0 Å². The molecular weight excluding hydrogens is 417 g/mol. The van der Waals surface area contributed by atoms with Crippen molar-refractivity contribution in [2.75, 3.05) is 5.32 Å². The number of hydrogen-bond donors (Lipinski definition) is 1. The molecule has 4 aromatic rings. The van der Waals surface area contributed by atoms with Gasteiger partial charge in [-0.15, -0.1) is 11.8 Å². The van der Waals surface area contributed by atoms with E-state index in [4.69, 9.17) is 0 Å². The summed E-state index contributed by atoms with van der Waals surface area (Å²) >= 11 is 1.42. The van der Waals surface area contributed by atoms with Crippen LogP contribution < -0.4 is 10.9 Å². The standard InChI is InChI=1S/C22H20FN5O2S/c1-14(2)27-13-24-22-25-15(11-20(29)28(22)27)12-31-19-10-6-5-9-18(19)26-21(30)16-7-3-4-8-17(16)23/h3-11,13-14H,12H2,1-2H3,(H,26,30). The van der Waals surface area contributed by atoms with E-state index < -0.39 is 11.7 Å². The van der Waals surface area contributed by atoms with Gasteiger partial charge >= 0.3 is 0 Å². The molecule has 2 heterocycles. The number of thioether (sulfide) groups is 1. The monoisotopic (exact) mass is 437 g/mol. The fraction of sp³-hybridized carbons (Fsp3) is 0.182. The normalized spacial score (nSPS) is 11.2. The maximum absolute atomic E-state index is 13.9. The minimum Gasteiger partial charge on any atom is -0.321 e. The maximum Gasteiger partial charge on any atom is 0.274 e. The van der Waals surface area contributed by atoms with Crippen LogP contribution in [0.3, 0.4) is 0 Å². The first-order valence-corrected chi connectivity index (χ1v) is 10.7. The van der Waals surface area contributed by atoms with E-state index in [2.05, 4.69) is 15.3 Å². The van der Waals surface area contributed by atoms with Gasteiger partial charge in [-0.05, 0) is 38.1 Å². The molecule has 31 heavy (non-hydrogen) atoms. The van der Waals surface area contributed by atoms with E-state index >= 15 is 0 Å². The number of anilines is 1. The third kappa shape index (κ3) is 4.36. The molecule has 7 nitrogen and oxygen atoms in total. The van der Waals surface area contributed by atoms with Gasteiger partial charge in [0.25, 0.3) is 17.2 Å². The zero-order chi connectivity index (χ0) is 22.0. The Morgan fingerprint density at radius 1 is 1.16 bits per heavy atom. The van der Waals surface area contributed by atoms with Gasteiger partial charge in [-0.25, -0.2) is 9.37 Å². The lowest BCUT2D eigenvalue weighted by atomic mass is 10.2. The molecule has 9 heteroatoms. The van der Waals surface area contributed by atoms with Crippen LogP contribution in [0.1, 0.15) is 35.9 Å². The molecule has 158 valence electrons.